The first kappa shape index (κ1) is 10.7. The molecule has 1 aliphatic heterocycles. The SMILES string of the molecule is CN(C)C(=O)N1C[C@@H]2CC(C)(N)C[C@@H]2C1. The Labute approximate surface area is 91.4 Å². The quantitative estimate of drug-likeness (QED) is 0.642. The standard InChI is InChI=1S/C11H21N3O/c1-11(12)4-8-6-14(7-9(8)5-11)10(15)13(2)3/h8-9H,4-7,12H2,1-3H3/t8-,9+,11?. The Bertz CT molecular complexity index is 259. The van der Waals surface area contributed by atoms with E-state index in [9.17, 15) is 4.79 Å². The first-order valence-corrected chi connectivity index (χ1v) is 5.64. The van der Waals surface area contributed by atoms with Crippen molar-refractivity contribution in [2.45, 2.75) is 25.3 Å². The van der Waals surface area contributed by atoms with Gasteiger partial charge in [0.2, 0.25) is 0 Å². The van der Waals surface area contributed by atoms with Crippen LogP contribution in [0.3, 0.4) is 0 Å². The summed E-state index contributed by atoms with van der Waals surface area (Å²) in [5, 5.41) is 0. The van der Waals surface area contributed by atoms with E-state index < -0.39 is 0 Å². The maximum absolute atomic E-state index is 11.8. The van der Waals surface area contributed by atoms with E-state index in [-0.39, 0.29) is 11.6 Å². The lowest BCUT2D eigenvalue weighted by Gasteiger charge is -2.25. The fraction of sp³-hybridized carbons (Fsp3) is 0.909. The van der Waals surface area contributed by atoms with Crippen molar-refractivity contribution in [1.29, 1.82) is 0 Å². The molecule has 1 saturated carbocycles. The Kier molecular flexibility index (Phi) is 2.41. The van der Waals surface area contributed by atoms with Crippen molar-refractivity contribution in [3.8, 4) is 0 Å². The topological polar surface area (TPSA) is 49.6 Å². The predicted octanol–water partition coefficient (Wildman–Crippen LogP) is 0.727. The lowest BCUT2D eigenvalue weighted by Crippen LogP contribution is -2.40. The Morgan fingerprint density at radius 1 is 1.33 bits per heavy atom. The average Bonchev–Trinajstić information content (AvgIpc) is 2.55. The summed E-state index contributed by atoms with van der Waals surface area (Å²) >= 11 is 0. The van der Waals surface area contributed by atoms with Gasteiger partial charge in [-0.1, -0.05) is 0 Å². The molecular formula is C11H21N3O. The molecule has 2 amide bonds. The van der Waals surface area contributed by atoms with Crippen molar-refractivity contribution >= 4 is 6.03 Å². The maximum Gasteiger partial charge on any atom is 0.319 e. The van der Waals surface area contributed by atoms with Gasteiger partial charge in [-0.3, -0.25) is 0 Å². The summed E-state index contributed by atoms with van der Waals surface area (Å²) in [5.74, 6) is 1.26. The molecule has 4 heteroatoms. The number of nitrogens with zero attached hydrogens (tertiary/aromatic N) is 2. The van der Waals surface area contributed by atoms with Crippen LogP contribution in [0.2, 0.25) is 0 Å². The van der Waals surface area contributed by atoms with Crippen molar-refractivity contribution in [1.82, 2.24) is 9.80 Å². The van der Waals surface area contributed by atoms with Crippen LogP contribution in [0.15, 0.2) is 0 Å². The van der Waals surface area contributed by atoms with E-state index in [4.69, 9.17) is 5.73 Å². The van der Waals surface area contributed by atoms with E-state index in [0.29, 0.717) is 11.8 Å². The van der Waals surface area contributed by atoms with E-state index in [1.807, 2.05) is 19.0 Å². The van der Waals surface area contributed by atoms with Gasteiger partial charge in [-0.15, -0.1) is 0 Å². The highest BCUT2D eigenvalue weighted by Crippen LogP contribution is 2.42. The van der Waals surface area contributed by atoms with Crippen LogP contribution in [0.4, 0.5) is 4.79 Å². The molecule has 1 unspecified atom stereocenters. The van der Waals surface area contributed by atoms with E-state index in [2.05, 4.69) is 6.92 Å². The fourth-order valence-corrected chi connectivity index (χ4v) is 3.12. The van der Waals surface area contributed by atoms with Gasteiger partial charge in [0.15, 0.2) is 0 Å². The van der Waals surface area contributed by atoms with Crippen LogP contribution in [-0.4, -0.2) is 48.6 Å². The fourth-order valence-electron chi connectivity index (χ4n) is 3.12. The Balaban J connectivity index is 1.97. The van der Waals surface area contributed by atoms with Gasteiger partial charge in [0.1, 0.15) is 0 Å². The summed E-state index contributed by atoms with van der Waals surface area (Å²) in [6, 6.07) is 0.142. The second-order valence-corrected chi connectivity index (χ2v) is 5.66. The van der Waals surface area contributed by atoms with E-state index in [1.54, 1.807) is 4.90 Å². The number of carbonyl (C=O) groups excluding carboxylic acids is 1. The third kappa shape index (κ3) is 1.95. The molecular weight excluding hydrogens is 190 g/mol. The van der Waals surface area contributed by atoms with E-state index >= 15 is 0 Å². The lowest BCUT2D eigenvalue weighted by molar-refractivity contribution is 0.176. The van der Waals surface area contributed by atoms with Gasteiger partial charge in [-0.05, 0) is 31.6 Å². The third-order valence-corrected chi connectivity index (χ3v) is 3.69. The summed E-state index contributed by atoms with van der Waals surface area (Å²) in [6.07, 6.45) is 2.13. The minimum Gasteiger partial charge on any atom is -0.331 e. The number of amides is 2. The Morgan fingerprint density at radius 2 is 1.80 bits per heavy atom. The van der Waals surface area contributed by atoms with Gasteiger partial charge in [0, 0.05) is 32.7 Å². The van der Waals surface area contributed by atoms with Crippen LogP contribution >= 0.6 is 0 Å². The van der Waals surface area contributed by atoms with Crippen LogP contribution in [0.1, 0.15) is 19.8 Å². The maximum atomic E-state index is 11.8. The van der Waals surface area contributed by atoms with Crippen LogP contribution in [0.25, 0.3) is 0 Å². The minimum absolute atomic E-state index is 0.00257. The van der Waals surface area contributed by atoms with Crippen molar-refractivity contribution in [3.05, 3.63) is 0 Å². The zero-order valence-electron chi connectivity index (χ0n) is 9.86. The molecule has 2 fully saturated rings. The van der Waals surface area contributed by atoms with Crippen LogP contribution in [-0.2, 0) is 0 Å². The molecule has 4 nitrogen and oxygen atoms in total. The number of fused-ring (bicyclic) bond motifs is 1. The average molecular weight is 211 g/mol. The first-order valence-electron chi connectivity index (χ1n) is 5.64. The number of rotatable bonds is 0. The molecule has 0 radical (unpaired) electrons. The van der Waals surface area contributed by atoms with Crippen molar-refractivity contribution < 1.29 is 4.79 Å². The third-order valence-electron chi connectivity index (χ3n) is 3.69. The molecule has 0 bridgehead atoms. The van der Waals surface area contributed by atoms with Gasteiger partial charge in [0.25, 0.3) is 0 Å². The molecule has 2 rings (SSSR count). The van der Waals surface area contributed by atoms with Gasteiger partial charge in [0.05, 0.1) is 0 Å². The Morgan fingerprint density at radius 3 is 2.20 bits per heavy atom. The molecule has 2 aliphatic rings. The summed E-state index contributed by atoms with van der Waals surface area (Å²) in [7, 11) is 3.62. The monoisotopic (exact) mass is 211 g/mol. The number of hydrogen-bond donors (Lipinski definition) is 1. The highest BCUT2D eigenvalue weighted by Gasteiger charge is 2.46. The molecule has 2 N–H and O–H groups in total. The van der Waals surface area contributed by atoms with Crippen LogP contribution in [0.5, 0.6) is 0 Å². The molecule has 0 spiro atoms. The van der Waals surface area contributed by atoms with Gasteiger partial charge in [-0.25, -0.2) is 4.79 Å². The van der Waals surface area contributed by atoms with Crippen molar-refractivity contribution in [3.63, 3.8) is 0 Å². The lowest BCUT2D eigenvalue weighted by atomic mass is 10.00. The number of hydrogen-bond acceptors (Lipinski definition) is 2. The van der Waals surface area contributed by atoms with E-state index in [1.165, 1.54) is 0 Å². The van der Waals surface area contributed by atoms with E-state index in [0.717, 1.165) is 25.9 Å². The zero-order chi connectivity index (χ0) is 11.2. The smallest absolute Gasteiger partial charge is 0.319 e. The van der Waals surface area contributed by atoms with Crippen molar-refractivity contribution in [2.24, 2.45) is 17.6 Å². The molecule has 15 heavy (non-hydrogen) atoms. The number of likely N-dealkylation sites (tertiary alicyclic amines) is 1. The molecule has 1 heterocycles. The van der Waals surface area contributed by atoms with Crippen molar-refractivity contribution in [2.75, 3.05) is 27.2 Å². The molecule has 0 aromatic carbocycles. The molecule has 86 valence electrons. The summed E-state index contributed by atoms with van der Waals surface area (Å²) in [6.45, 7) is 3.92. The van der Waals surface area contributed by atoms with Crippen LogP contribution < -0.4 is 5.73 Å². The second kappa shape index (κ2) is 3.37. The second-order valence-electron chi connectivity index (χ2n) is 5.66. The van der Waals surface area contributed by atoms with Gasteiger partial charge in [-0.2, -0.15) is 0 Å². The van der Waals surface area contributed by atoms with Crippen LogP contribution in [0, 0.1) is 11.8 Å². The molecule has 0 aromatic rings. The number of urea groups is 1. The first-order chi connectivity index (χ1) is 6.89. The highest BCUT2D eigenvalue weighted by molar-refractivity contribution is 5.74. The highest BCUT2D eigenvalue weighted by atomic mass is 16.2. The number of nitrogens with two attached hydrogens (primary N) is 1. The Hall–Kier alpha value is -0.770. The largest absolute Gasteiger partial charge is 0.331 e. The summed E-state index contributed by atoms with van der Waals surface area (Å²) < 4.78 is 0. The zero-order valence-corrected chi connectivity index (χ0v) is 9.86. The summed E-state index contributed by atoms with van der Waals surface area (Å²) in [5.41, 5.74) is 6.14. The molecule has 3 atom stereocenters. The number of carbonyl (C=O) groups is 1. The molecule has 1 aliphatic carbocycles. The normalized spacial score (nSPS) is 39.3. The van der Waals surface area contributed by atoms with Gasteiger partial charge < -0.3 is 15.5 Å². The molecule has 1 saturated heterocycles. The summed E-state index contributed by atoms with van der Waals surface area (Å²) in [4.78, 5) is 15.4. The predicted molar refractivity (Wildman–Crippen MR) is 59.5 cm³/mol. The molecule has 0 aromatic heterocycles. The van der Waals surface area contributed by atoms with Gasteiger partial charge >= 0.3 is 6.03 Å². The minimum atomic E-state index is 0.00257.